The highest BCUT2D eigenvalue weighted by Crippen LogP contribution is 2.33. The molecule has 6 nitrogen and oxygen atoms in total. The van der Waals surface area contributed by atoms with Gasteiger partial charge in [-0.25, -0.2) is 0 Å². The zero-order valence-electron chi connectivity index (χ0n) is 8.61. The number of nitrogens with zero attached hydrogens (tertiary/aromatic N) is 2. The fourth-order valence-electron chi connectivity index (χ4n) is 1.23. The van der Waals surface area contributed by atoms with Gasteiger partial charge in [-0.15, -0.1) is 0 Å². The van der Waals surface area contributed by atoms with Gasteiger partial charge in [-0.05, 0) is 18.2 Å². The molecule has 0 bridgehead atoms. The summed E-state index contributed by atoms with van der Waals surface area (Å²) in [6.45, 7) is 0. The second-order valence-electron chi connectivity index (χ2n) is 3.19. The molecule has 1 N–H and O–H groups in total. The number of aromatic nitrogens is 1. The number of aromatic hydroxyl groups is 1. The second kappa shape index (κ2) is 4.48. The van der Waals surface area contributed by atoms with E-state index in [1.807, 2.05) is 0 Å². The van der Waals surface area contributed by atoms with Gasteiger partial charge in [0.25, 0.3) is 5.69 Å². The van der Waals surface area contributed by atoms with Gasteiger partial charge in [0.2, 0.25) is 0 Å². The van der Waals surface area contributed by atoms with Gasteiger partial charge in [0, 0.05) is 18.5 Å². The predicted octanol–water partition coefficient (Wildman–Crippen LogP) is 2.49. The van der Waals surface area contributed by atoms with E-state index in [4.69, 9.17) is 4.74 Å². The third-order valence-electron chi connectivity index (χ3n) is 2.03. The van der Waals surface area contributed by atoms with Crippen molar-refractivity contribution < 1.29 is 14.8 Å². The van der Waals surface area contributed by atoms with E-state index in [1.54, 1.807) is 12.1 Å². The van der Waals surface area contributed by atoms with Crippen molar-refractivity contribution in [3.05, 3.63) is 52.8 Å². The van der Waals surface area contributed by atoms with Crippen LogP contribution in [0.25, 0.3) is 0 Å². The van der Waals surface area contributed by atoms with Crippen molar-refractivity contribution in [2.45, 2.75) is 0 Å². The minimum absolute atomic E-state index is 0.0328. The number of hydrogen-bond donors (Lipinski definition) is 1. The molecule has 0 aliphatic heterocycles. The van der Waals surface area contributed by atoms with Gasteiger partial charge >= 0.3 is 0 Å². The molecule has 0 unspecified atom stereocenters. The number of pyridine rings is 1. The molecule has 1 aromatic heterocycles. The Morgan fingerprint density at radius 2 is 1.94 bits per heavy atom. The minimum Gasteiger partial charge on any atom is -0.504 e. The number of nitro benzene ring substituents is 1. The summed E-state index contributed by atoms with van der Waals surface area (Å²) in [6, 6.07) is 6.75. The normalized spacial score (nSPS) is 9.88. The van der Waals surface area contributed by atoms with Crippen molar-refractivity contribution in [3.8, 4) is 17.2 Å². The van der Waals surface area contributed by atoms with Gasteiger partial charge in [-0.3, -0.25) is 15.1 Å². The molecule has 86 valence electrons. The molecule has 0 radical (unpaired) electrons. The van der Waals surface area contributed by atoms with Gasteiger partial charge < -0.3 is 9.84 Å². The zero-order valence-corrected chi connectivity index (χ0v) is 8.61. The average Bonchev–Trinajstić information content (AvgIpc) is 2.33. The number of phenols is 1. The van der Waals surface area contributed by atoms with E-state index >= 15 is 0 Å². The Kier molecular flexibility index (Phi) is 2.87. The fraction of sp³-hybridized carbons (Fsp3) is 0. The summed E-state index contributed by atoms with van der Waals surface area (Å²) in [6.07, 6.45) is 3.04. The molecule has 0 fully saturated rings. The van der Waals surface area contributed by atoms with Crippen LogP contribution in [0.1, 0.15) is 0 Å². The number of phenolic OH excluding ortho intramolecular Hbond substituents is 1. The second-order valence-corrected chi connectivity index (χ2v) is 3.19. The molecule has 2 rings (SSSR count). The van der Waals surface area contributed by atoms with Crippen LogP contribution in [0.5, 0.6) is 17.2 Å². The van der Waals surface area contributed by atoms with Crippen molar-refractivity contribution in [2.24, 2.45) is 0 Å². The summed E-state index contributed by atoms with van der Waals surface area (Å²) in [5.41, 5.74) is -0.146. The lowest BCUT2D eigenvalue weighted by Gasteiger charge is -2.06. The van der Waals surface area contributed by atoms with Crippen LogP contribution in [0.3, 0.4) is 0 Å². The molecule has 0 amide bonds. The Hall–Kier alpha value is -2.63. The largest absolute Gasteiger partial charge is 0.504 e. The topological polar surface area (TPSA) is 85.5 Å². The van der Waals surface area contributed by atoms with E-state index in [2.05, 4.69) is 4.98 Å². The highest BCUT2D eigenvalue weighted by atomic mass is 16.6. The van der Waals surface area contributed by atoms with E-state index < -0.39 is 4.92 Å². The summed E-state index contributed by atoms with van der Waals surface area (Å²) >= 11 is 0. The third-order valence-corrected chi connectivity index (χ3v) is 2.03. The van der Waals surface area contributed by atoms with Crippen LogP contribution in [0.15, 0.2) is 42.7 Å². The molecule has 0 saturated carbocycles. The number of benzene rings is 1. The Bertz CT molecular complexity index is 542. The first-order valence-corrected chi connectivity index (χ1v) is 4.72. The molecule has 0 aliphatic rings. The van der Waals surface area contributed by atoms with Gasteiger partial charge in [0.1, 0.15) is 5.75 Å². The summed E-state index contributed by atoms with van der Waals surface area (Å²) in [4.78, 5) is 13.8. The fourth-order valence-corrected chi connectivity index (χ4v) is 1.23. The SMILES string of the molecule is O=[N+]([O-])c1ccc(O)c(Oc2ccncc2)c1. The molecule has 6 heteroatoms. The molecule has 1 aromatic carbocycles. The maximum absolute atomic E-state index is 10.6. The Balaban J connectivity index is 2.32. The van der Waals surface area contributed by atoms with Gasteiger partial charge in [-0.2, -0.15) is 0 Å². The highest BCUT2D eigenvalue weighted by Gasteiger charge is 2.11. The van der Waals surface area contributed by atoms with Crippen LogP contribution in [-0.2, 0) is 0 Å². The monoisotopic (exact) mass is 232 g/mol. The molecule has 0 saturated heterocycles. The van der Waals surface area contributed by atoms with Gasteiger partial charge in [0.05, 0.1) is 11.0 Å². The quantitative estimate of drug-likeness (QED) is 0.649. The number of hydrogen-bond acceptors (Lipinski definition) is 5. The van der Waals surface area contributed by atoms with Crippen molar-refractivity contribution in [2.75, 3.05) is 0 Å². The number of nitro groups is 1. The summed E-state index contributed by atoms with van der Waals surface area (Å²) < 4.78 is 5.31. The third kappa shape index (κ3) is 2.49. The predicted molar refractivity (Wildman–Crippen MR) is 59.1 cm³/mol. The molecule has 2 aromatic rings. The number of ether oxygens (including phenoxy) is 1. The first kappa shape index (κ1) is 10.9. The summed E-state index contributed by atoms with van der Waals surface area (Å²) in [5.74, 6) is 0.314. The van der Waals surface area contributed by atoms with E-state index in [-0.39, 0.29) is 17.2 Å². The molecule has 0 aliphatic carbocycles. The molecule has 1 heterocycles. The Labute approximate surface area is 96.3 Å². The van der Waals surface area contributed by atoms with Crippen LogP contribution in [0, 0.1) is 10.1 Å². The van der Waals surface area contributed by atoms with Gasteiger partial charge in [0.15, 0.2) is 11.5 Å². The molecule has 0 atom stereocenters. The van der Waals surface area contributed by atoms with Crippen molar-refractivity contribution in [3.63, 3.8) is 0 Å². The van der Waals surface area contributed by atoms with Crippen LogP contribution < -0.4 is 4.74 Å². The van der Waals surface area contributed by atoms with Crippen LogP contribution >= 0.6 is 0 Å². The van der Waals surface area contributed by atoms with Crippen molar-refractivity contribution in [1.82, 2.24) is 4.98 Å². The highest BCUT2D eigenvalue weighted by molar-refractivity contribution is 5.49. The first-order chi connectivity index (χ1) is 8.16. The number of non-ortho nitro benzene ring substituents is 1. The lowest BCUT2D eigenvalue weighted by molar-refractivity contribution is -0.384. The Morgan fingerprint density at radius 3 is 2.59 bits per heavy atom. The molecular weight excluding hydrogens is 224 g/mol. The molecule has 17 heavy (non-hydrogen) atoms. The lowest BCUT2D eigenvalue weighted by Crippen LogP contribution is -1.90. The molecule has 0 spiro atoms. The first-order valence-electron chi connectivity index (χ1n) is 4.72. The van der Waals surface area contributed by atoms with Crippen LogP contribution in [-0.4, -0.2) is 15.0 Å². The minimum atomic E-state index is -0.557. The summed E-state index contributed by atoms with van der Waals surface area (Å²) in [5, 5.41) is 20.1. The number of rotatable bonds is 3. The maximum atomic E-state index is 10.6. The van der Waals surface area contributed by atoms with Crippen molar-refractivity contribution in [1.29, 1.82) is 0 Å². The van der Waals surface area contributed by atoms with E-state index in [9.17, 15) is 15.2 Å². The standard InChI is InChI=1S/C11H8N2O4/c14-10-2-1-8(13(15)16)7-11(10)17-9-3-5-12-6-4-9/h1-7,14H. The van der Waals surface area contributed by atoms with E-state index in [0.717, 1.165) is 6.07 Å². The van der Waals surface area contributed by atoms with E-state index in [1.165, 1.54) is 24.5 Å². The van der Waals surface area contributed by atoms with Gasteiger partial charge in [-0.1, -0.05) is 0 Å². The van der Waals surface area contributed by atoms with Crippen LogP contribution in [0.4, 0.5) is 5.69 Å². The van der Waals surface area contributed by atoms with Crippen LogP contribution in [0.2, 0.25) is 0 Å². The zero-order chi connectivity index (χ0) is 12.3. The Morgan fingerprint density at radius 1 is 1.24 bits per heavy atom. The average molecular weight is 232 g/mol. The van der Waals surface area contributed by atoms with E-state index in [0.29, 0.717) is 5.75 Å². The smallest absolute Gasteiger partial charge is 0.273 e. The van der Waals surface area contributed by atoms with Crippen molar-refractivity contribution >= 4 is 5.69 Å². The lowest BCUT2D eigenvalue weighted by atomic mass is 10.3. The summed E-state index contributed by atoms with van der Waals surface area (Å²) in [7, 11) is 0. The maximum Gasteiger partial charge on any atom is 0.273 e. The molecular formula is C11H8N2O4.